The van der Waals surface area contributed by atoms with Crippen LogP contribution in [0, 0.1) is 11.8 Å². The van der Waals surface area contributed by atoms with Crippen LogP contribution in [0.4, 0.5) is 0 Å². The molecule has 0 saturated heterocycles. The van der Waals surface area contributed by atoms with Crippen LogP contribution in [0.2, 0.25) is 0 Å². The summed E-state index contributed by atoms with van der Waals surface area (Å²) in [5.41, 5.74) is 2.81. The molecule has 0 bridgehead atoms. The maximum Gasteiger partial charge on any atom is 0.311 e. The van der Waals surface area contributed by atoms with E-state index in [2.05, 4.69) is 24.3 Å². The topological polar surface area (TPSA) is 84.2 Å². The van der Waals surface area contributed by atoms with Gasteiger partial charge in [0.15, 0.2) is 0 Å². The van der Waals surface area contributed by atoms with Gasteiger partial charge in [-0.05, 0) is 18.1 Å². The Morgan fingerprint density at radius 2 is 1.88 bits per heavy atom. The Balaban J connectivity index is 1.74. The van der Waals surface area contributed by atoms with Crippen LogP contribution >= 0.6 is 0 Å². The van der Waals surface area contributed by atoms with Gasteiger partial charge >= 0.3 is 5.97 Å². The van der Waals surface area contributed by atoms with Crippen molar-refractivity contribution in [1.29, 1.82) is 0 Å². The van der Waals surface area contributed by atoms with Crippen molar-refractivity contribution < 1.29 is 14.7 Å². The van der Waals surface area contributed by atoms with E-state index in [9.17, 15) is 9.59 Å². The number of carboxylic acid groups (broad SMARTS) is 1. The number of hydrogen-bond acceptors (Lipinski definition) is 3. The summed E-state index contributed by atoms with van der Waals surface area (Å²) in [6.45, 7) is 4.44. The van der Waals surface area contributed by atoms with E-state index >= 15 is 0 Å². The average Bonchev–Trinajstić information content (AvgIpc) is 2.96. The SMILES string of the molecule is CC(C)c1nn(-c2ccccc2)cc1CNC(=O)[C@@H]1C=C[C@@H]1C(=O)O. The molecule has 6 nitrogen and oxygen atoms in total. The highest BCUT2D eigenvalue weighted by Gasteiger charge is 2.35. The first kappa shape index (κ1) is 17.0. The third kappa shape index (κ3) is 3.47. The van der Waals surface area contributed by atoms with Crippen LogP contribution in [0.15, 0.2) is 48.7 Å². The molecule has 2 atom stereocenters. The molecule has 1 aromatic carbocycles. The number of aromatic nitrogens is 2. The number of carbonyl (C=O) groups excluding carboxylic acids is 1. The first-order chi connectivity index (χ1) is 12.0. The van der Waals surface area contributed by atoms with E-state index in [0.29, 0.717) is 6.54 Å². The van der Waals surface area contributed by atoms with Gasteiger partial charge in [0.25, 0.3) is 0 Å². The normalized spacial score (nSPS) is 18.8. The number of para-hydroxylation sites is 1. The number of hydrogen-bond donors (Lipinski definition) is 2. The second kappa shape index (κ2) is 6.93. The lowest BCUT2D eigenvalue weighted by Crippen LogP contribution is -2.40. The number of aliphatic carboxylic acids is 1. The summed E-state index contributed by atoms with van der Waals surface area (Å²) < 4.78 is 1.81. The van der Waals surface area contributed by atoms with Crippen molar-refractivity contribution in [2.45, 2.75) is 26.3 Å². The third-order valence-electron chi connectivity index (χ3n) is 4.34. The van der Waals surface area contributed by atoms with Crippen molar-refractivity contribution >= 4 is 11.9 Å². The highest BCUT2D eigenvalue weighted by Crippen LogP contribution is 2.26. The number of carboxylic acids is 1. The van der Waals surface area contributed by atoms with E-state index in [0.717, 1.165) is 16.9 Å². The molecule has 3 rings (SSSR count). The second-order valence-corrected chi connectivity index (χ2v) is 6.47. The van der Waals surface area contributed by atoms with Crippen LogP contribution < -0.4 is 5.32 Å². The Labute approximate surface area is 146 Å². The zero-order valence-corrected chi connectivity index (χ0v) is 14.2. The number of nitrogens with one attached hydrogen (secondary N) is 1. The zero-order chi connectivity index (χ0) is 18.0. The van der Waals surface area contributed by atoms with E-state index < -0.39 is 17.8 Å². The fourth-order valence-electron chi connectivity index (χ4n) is 2.88. The van der Waals surface area contributed by atoms with Gasteiger partial charge in [0.05, 0.1) is 23.2 Å². The molecule has 0 fully saturated rings. The van der Waals surface area contributed by atoms with Crippen molar-refractivity contribution in [3.8, 4) is 5.69 Å². The second-order valence-electron chi connectivity index (χ2n) is 6.47. The lowest BCUT2D eigenvalue weighted by molar-refractivity contribution is -0.145. The Bertz CT molecular complexity index is 809. The lowest BCUT2D eigenvalue weighted by Gasteiger charge is -2.24. The molecule has 0 radical (unpaired) electrons. The van der Waals surface area contributed by atoms with Crippen molar-refractivity contribution in [2.24, 2.45) is 11.8 Å². The van der Waals surface area contributed by atoms with Gasteiger partial charge in [-0.15, -0.1) is 0 Å². The van der Waals surface area contributed by atoms with Gasteiger partial charge in [0.2, 0.25) is 5.91 Å². The molecule has 1 aliphatic carbocycles. The molecule has 1 amide bonds. The lowest BCUT2D eigenvalue weighted by atomic mass is 9.81. The monoisotopic (exact) mass is 339 g/mol. The van der Waals surface area contributed by atoms with Crippen molar-refractivity contribution in [2.75, 3.05) is 0 Å². The minimum Gasteiger partial charge on any atom is -0.481 e. The molecule has 1 aliphatic rings. The molecule has 2 aromatic rings. The van der Waals surface area contributed by atoms with Crippen LogP contribution in [0.5, 0.6) is 0 Å². The Morgan fingerprint density at radius 3 is 2.44 bits per heavy atom. The van der Waals surface area contributed by atoms with Gasteiger partial charge in [0.1, 0.15) is 0 Å². The largest absolute Gasteiger partial charge is 0.481 e. The van der Waals surface area contributed by atoms with Gasteiger partial charge in [0, 0.05) is 18.3 Å². The first-order valence-electron chi connectivity index (χ1n) is 8.30. The van der Waals surface area contributed by atoms with Crippen molar-refractivity contribution in [3.63, 3.8) is 0 Å². The minimum atomic E-state index is -0.970. The molecule has 130 valence electrons. The molecule has 0 unspecified atom stereocenters. The fraction of sp³-hybridized carbons (Fsp3) is 0.316. The van der Waals surface area contributed by atoms with E-state index in [1.54, 1.807) is 16.8 Å². The summed E-state index contributed by atoms with van der Waals surface area (Å²) in [5.74, 6) is -2.34. The fourth-order valence-corrected chi connectivity index (χ4v) is 2.88. The third-order valence-corrected chi connectivity index (χ3v) is 4.34. The van der Waals surface area contributed by atoms with Gasteiger partial charge in [-0.1, -0.05) is 44.2 Å². The van der Waals surface area contributed by atoms with E-state index in [1.165, 1.54) is 0 Å². The minimum absolute atomic E-state index is 0.215. The standard InChI is InChI=1S/C19H21N3O3/c1-12(2)17-13(11-22(21-17)14-6-4-3-5-7-14)10-20-18(23)15-8-9-16(15)19(24)25/h3-9,11-12,15-16H,10H2,1-2H3,(H,20,23)(H,24,25)/t15-,16+/m1/s1. The van der Waals surface area contributed by atoms with Gasteiger partial charge in [-0.2, -0.15) is 5.10 Å². The zero-order valence-electron chi connectivity index (χ0n) is 14.2. The van der Waals surface area contributed by atoms with Gasteiger partial charge in [-0.3, -0.25) is 9.59 Å². The quantitative estimate of drug-likeness (QED) is 0.792. The molecule has 2 N–H and O–H groups in total. The molecule has 0 aliphatic heterocycles. The summed E-state index contributed by atoms with van der Waals surface area (Å²) in [5, 5.41) is 16.5. The molecule has 0 spiro atoms. The molecule has 0 saturated carbocycles. The molecular formula is C19H21N3O3. The highest BCUT2D eigenvalue weighted by atomic mass is 16.4. The van der Waals surface area contributed by atoms with Crippen LogP contribution in [-0.4, -0.2) is 26.8 Å². The number of rotatable bonds is 6. The summed E-state index contributed by atoms with van der Waals surface area (Å²) in [7, 11) is 0. The predicted octanol–water partition coefficient (Wildman–Crippen LogP) is 2.50. The number of benzene rings is 1. The molecule has 6 heteroatoms. The van der Waals surface area contributed by atoms with Crippen molar-refractivity contribution in [1.82, 2.24) is 15.1 Å². The summed E-state index contributed by atoms with van der Waals surface area (Å²) in [4.78, 5) is 23.2. The maximum absolute atomic E-state index is 12.2. The van der Waals surface area contributed by atoms with E-state index in [1.807, 2.05) is 36.5 Å². The van der Waals surface area contributed by atoms with E-state index in [-0.39, 0.29) is 11.8 Å². The molecule has 1 aromatic heterocycles. The van der Waals surface area contributed by atoms with Crippen molar-refractivity contribution in [3.05, 3.63) is 59.9 Å². The first-order valence-corrected chi connectivity index (χ1v) is 8.30. The van der Waals surface area contributed by atoms with Gasteiger partial charge < -0.3 is 10.4 Å². The Hall–Kier alpha value is -2.89. The molecular weight excluding hydrogens is 318 g/mol. The summed E-state index contributed by atoms with van der Waals surface area (Å²) in [6.07, 6.45) is 5.08. The van der Waals surface area contributed by atoms with E-state index in [4.69, 9.17) is 5.11 Å². The number of carbonyl (C=O) groups is 2. The van der Waals surface area contributed by atoms with Crippen LogP contribution in [0.1, 0.15) is 31.0 Å². The smallest absolute Gasteiger partial charge is 0.311 e. The van der Waals surface area contributed by atoms with Crippen LogP contribution in [-0.2, 0) is 16.1 Å². The van der Waals surface area contributed by atoms with Crippen LogP contribution in [0.3, 0.4) is 0 Å². The molecule has 1 heterocycles. The van der Waals surface area contributed by atoms with Gasteiger partial charge in [-0.25, -0.2) is 4.68 Å². The summed E-state index contributed by atoms with van der Waals surface area (Å²) in [6, 6.07) is 9.78. The average molecular weight is 339 g/mol. The number of amides is 1. The summed E-state index contributed by atoms with van der Waals surface area (Å²) >= 11 is 0. The Kier molecular flexibility index (Phi) is 4.70. The Morgan fingerprint density at radius 1 is 1.20 bits per heavy atom. The number of nitrogens with zero attached hydrogens (tertiary/aromatic N) is 2. The highest BCUT2D eigenvalue weighted by molar-refractivity contribution is 5.89. The maximum atomic E-state index is 12.2. The van der Waals surface area contributed by atoms with Crippen LogP contribution in [0.25, 0.3) is 5.69 Å². The molecule has 25 heavy (non-hydrogen) atoms. The predicted molar refractivity (Wildman–Crippen MR) is 93.3 cm³/mol.